The Labute approximate surface area is 126 Å². The van der Waals surface area contributed by atoms with E-state index >= 15 is 0 Å². The second kappa shape index (κ2) is 10.4. The molecule has 1 heterocycles. The molecule has 126 valence electrons. The van der Waals surface area contributed by atoms with E-state index in [0.29, 0.717) is 0 Å². The smallest absolute Gasteiger partial charge is 0.186 e. The van der Waals surface area contributed by atoms with Gasteiger partial charge in [-0.2, -0.15) is 0 Å². The Morgan fingerprint density at radius 1 is 1.00 bits per heavy atom. The lowest BCUT2D eigenvalue weighted by molar-refractivity contribution is -0.298. The van der Waals surface area contributed by atoms with Crippen molar-refractivity contribution in [3.63, 3.8) is 0 Å². The van der Waals surface area contributed by atoms with Gasteiger partial charge < -0.3 is 24.8 Å². The summed E-state index contributed by atoms with van der Waals surface area (Å²) in [6.07, 6.45) is 0.364. The fourth-order valence-corrected chi connectivity index (χ4v) is 2.26. The van der Waals surface area contributed by atoms with Gasteiger partial charge in [0.15, 0.2) is 6.29 Å². The number of hydroxylamine groups is 1. The summed E-state index contributed by atoms with van der Waals surface area (Å²) in [5, 5.41) is 29.1. The third kappa shape index (κ3) is 6.15. The van der Waals surface area contributed by atoms with E-state index < -0.39 is 30.7 Å². The lowest BCUT2D eigenvalue weighted by atomic mass is 9.99. The van der Waals surface area contributed by atoms with Crippen molar-refractivity contribution in [1.29, 1.82) is 0 Å². The predicted octanol–water partition coefficient (Wildman–Crippen LogP) is -0.0680. The van der Waals surface area contributed by atoms with E-state index in [1.54, 1.807) is 0 Å². The molecule has 1 aliphatic heterocycles. The number of rotatable bonds is 10. The van der Waals surface area contributed by atoms with Crippen LogP contribution in [0.25, 0.3) is 0 Å². The van der Waals surface area contributed by atoms with Gasteiger partial charge in [0, 0.05) is 13.7 Å². The minimum atomic E-state index is -1.31. The topological polar surface area (TPSA) is 100 Å². The van der Waals surface area contributed by atoms with Gasteiger partial charge >= 0.3 is 0 Å². The van der Waals surface area contributed by atoms with Crippen LogP contribution in [0, 0.1) is 0 Å². The van der Waals surface area contributed by atoms with Crippen LogP contribution >= 0.6 is 0 Å². The van der Waals surface area contributed by atoms with Crippen LogP contribution in [0.3, 0.4) is 0 Å². The molecule has 7 heteroatoms. The molecule has 1 aliphatic rings. The number of hydrogen-bond acceptors (Lipinski definition) is 7. The maximum atomic E-state index is 9.82. The maximum absolute atomic E-state index is 9.82. The molecule has 0 bridgehead atoms. The van der Waals surface area contributed by atoms with E-state index in [1.165, 1.54) is 26.4 Å². The second-order valence-electron chi connectivity index (χ2n) is 5.37. The molecule has 0 radical (unpaired) electrons. The fourth-order valence-electron chi connectivity index (χ4n) is 2.26. The van der Waals surface area contributed by atoms with Crippen LogP contribution in [0.1, 0.15) is 39.0 Å². The van der Waals surface area contributed by atoms with Gasteiger partial charge in [0.2, 0.25) is 0 Å². The van der Waals surface area contributed by atoms with Crippen molar-refractivity contribution in [3.8, 4) is 0 Å². The van der Waals surface area contributed by atoms with E-state index in [-0.39, 0.29) is 6.61 Å². The van der Waals surface area contributed by atoms with Crippen LogP contribution in [-0.2, 0) is 14.3 Å². The number of unbranched alkanes of at least 4 members (excludes halogenated alkanes) is 4. The third-order valence-electron chi connectivity index (χ3n) is 3.63. The minimum Gasteiger partial charge on any atom is -0.387 e. The number of aliphatic hydroxyl groups is 3. The molecule has 7 nitrogen and oxygen atoms in total. The van der Waals surface area contributed by atoms with E-state index in [2.05, 4.69) is 12.4 Å². The Morgan fingerprint density at radius 2 is 1.71 bits per heavy atom. The molecule has 0 aromatic heterocycles. The summed E-state index contributed by atoms with van der Waals surface area (Å²) in [7, 11) is 1.37. The first-order chi connectivity index (χ1) is 10.1. The molecule has 1 saturated heterocycles. The van der Waals surface area contributed by atoms with Crippen molar-refractivity contribution in [2.24, 2.45) is 0 Å². The van der Waals surface area contributed by atoms with E-state index in [4.69, 9.17) is 14.3 Å². The second-order valence-corrected chi connectivity index (χ2v) is 5.37. The molecule has 21 heavy (non-hydrogen) atoms. The van der Waals surface area contributed by atoms with Crippen molar-refractivity contribution in [2.75, 3.05) is 20.3 Å². The first-order valence-corrected chi connectivity index (χ1v) is 7.68. The van der Waals surface area contributed by atoms with E-state index in [0.717, 1.165) is 19.4 Å². The standard InChI is InChI=1S/C14H29NO6/c1-3-4-5-6-7-8-15-20-9-10-11(16)12(17)13(18)14(19-2)21-10/h10-18H,3-9H2,1-2H3/t10-,11-,12+,13-,14+/m1/s1. The monoisotopic (exact) mass is 307 g/mol. The van der Waals surface area contributed by atoms with Gasteiger partial charge in [-0.25, -0.2) is 5.48 Å². The first kappa shape index (κ1) is 18.8. The van der Waals surface area contributed by atoms with Crippen LogP contribution in [0.4, 0.5) is 0 Å². The van der Waals surface area contributed by atoms with Crippen LogP contribution in [0.5, 0.6) is 0 Å². The summed E-state index contributed by atoms with van der Waals surface area (Å²) in [5.74, 6) is 0. The van der Waals surface area contributed by atoms with Gasteiger partial charge in [-0.3, -0.25) is 4.84 Å². The van der Waals surface area contributed by atoms with Crippen LogP contribution in [-0.4, -0.2) is 66.3 Å². The summed E-state index contributed by atoms with van der Waals surface area (Å²) < 4.78 is 10.3. The highest BCUT2D eigenvalue weighted by molar-refractivity contribution is 4.88. The highest BCUT2D eigenvalue weighted by Gasteiger charge is 2.43. The molecule has 4 N–H and O–H groups in total. The summed E-state index contributed by atoms with van der Waals surface area (Å²) in [4.78, 5) is 5.24. The molecule has 0 aromatic rings. The van der Waals surface area contributed by atoms with Crippen LogP contribution < -0.4 is 5.48 Å². The zero-order chi connectivity index (χ0) is 15.7. The largest absolute Gasteiger partial charge is 0.387 e. The van der Waals surface area contributed by atoms with Crippen LogP contribution in [0.2, 0.25) is 0 Å². The van der Waals surface area contributed by atoms with Gasteiger partial charge in [0.25, 0.3) is 0 Å². The molecule has 5 atom stereocenters. The van der Waals surface area contributed by atoms with Crippen molar-refractivity contribution < 1.29 is 29.6 Å². The lowest BCUT2D eigenvalue weighted by Crippen LogP contribution is -2.59. The number of methoxy groups -OCH3 is 1. The Hall–Kier alpha value is -0.280. The summed E-state index contributed by atoms with van der Waals surface area (Å²) in [6, 6.07) is 0. The lowest BCUT2D eigenvalue weighted by Gasteiger charge is -2.39. The molecule has 0 aromatic carbocycles. The van der Waals surface area contributed by atoms with Gasteiger partial charge in [0.05, 0.1) is 6.61 Å². The fraction of sp³-hybridized carbons (Fsp3) is 1.00. The molecule has 1 fully saturated rings. The highest BCUT2D eigenvalue weighted by atomic mass is 16.7. The molecule has 0 unspecified atom stereocenters. The average Bonchev–Trinajstić information content (AvgIpc) is 2.49. The number of nitrogens with one attached hydrogen (secondary N) is 1. The van der Waals surface area contributed by atoms with E-state index in [9.17, 15) is 15.3 Å². The molecule has 0 amide bonds. The van der Waals surface area contributed by atoms with Crippen LogP contribution in [0.15, 0.2) is 0 Å². The first-order valence-electron chi connectivity index (χ1n) is 7.68. The zero-order valence-corrected chi connectivity index (χ0v) is 12.9. The Balaban J connectivity index is 2.16. The number of ether oxygens (including phenoxy) is 2. The SMILES string of the molecule is CCCCCCCNOC[C@H]1O[C@H](OC)[C@H](O)[C@@H](O)[C@@H]1O. The third-order valence-corrected chi connectivity index (χ3v) is 3.63. The van der Waals surface area contributed by atoms with Crippen molar-refractivity contribution in [3.05, 3.63) is 0 Å². The van der Waals surface area contributed by atoms with E-state index in [1.807, 2.05) is 0 Å². The van der Waals surface area contributed by atoms with Crippen molar-refractivity contribution >= 4 is 0 Å². The molecule has 0 saturated carbocycles. The quantitative estimate of drug-likeness (QED) is 0.331. The zero-order valence-electron chi connectivity index (χ0n) is 12.9. The normalized spacial score (nSPS) is 33.3. The summed E-state index contributed by atoms with van der Waals surface area (Å²) >= 11 is 0. The Morgan fingerprint density at radius 3 is 2.38 bits per heavy atom. The van der Waals surface area contributed by atoms with Gasteiger partial charge in [-0.15, -0.1) is 0 Å². The Kier molecular flexibility index (Phi) is 9.34. The minimum absolute atomic E-state index is 0.0692. The molecule has 0 aliphatic carbocycles. The molecule has 0 spiro atoms. The average molecular weight is 307 g/mol. The molecular weight excluding hydrogens is 278 g/mol. The van der Waals surface area contributed by atoms with Gasteiger partial charge in [-0.05, 0) is 6.42 Å². The molecule has 1 rings (SSSR count). The highest BCUT2D eigenvalue weighted by Crippen LogP contribution is 2.21. The number of hydrogen-bond donors (Lipinski definition) is 4. The summed E-state index contributed by atoms with van der Waals surface area (Å²) in [6.45, 7) is 2.97. The van der Waals surface area contributed by atoms with Gasteiger partial charge in [0.1, 0.15) is 24.4 Å². The predicted molar refractivity (Wildman–Crippen MR) is 76.4 cm³/mol. The molecular formula is C14H29NO6. The maximum Gasteiger partial charge on any atom is 0.186 e. The van der Waals surface area contributed by atoms with Crippen molar-refractivity contribution in [1.82, 2.24) is 5.48 Å². The number of aliphatic hydroxyl groups excluding tert-OH is 3. The Bertz CT molecular complexity index is 266. The van der Waals surface area contributed by atoms with Crippen molar-refractivity contribution in [2.45, 2.75) is 69.7 Å². The van der Waals surface area contributed by atoms with Gasteiger partial charge in [-0.1, -0.05) is 32.6 Å². The summed E-state index contributed by atoms with van der Waals surface area (Å²) in [5.41, 5.74) is 2.81.